The zero-order chi connectivity index (χ0) is 14.3. The van der Waals surface area contributed by atoms with Crippen LogP contribution in [0.15, 0.2) is 40.9 Å². The molecule has 1 aliphatic rings. The van der Waals surface area contributed by atoms with Crippen molar-refractivity contribution in [2.75, 3.05) is 0 Å². The minimum Gasteiger partial charge on any atom is -0.485 e. The molecule has 0 saturated heterocycles. The van der Waals surface area contributed by atoms with Crippen LogP contribution in [0, 0.1) is 12.7 Å². The van der Waals surface area contributed by atoms with Crippen molar-refractivity contribution in [3.63, 3.8) is 0 Å². The average Bonchev–Trinajstić information content (AvgIpc) is 2.41. The van der Waals surface area contributed by atoms with Crippen LogP contribution in [0.5, 0.6) is 5.75 Å². The van der Waals surface area contributed by atoms with E-state index in [0.717, 1.165) is 21.3 Å². The van der Waals surface area contributed by atoms with Crippen molar-refractivity contribution in [1.29, 1.82) is 0 Å². The molecule has 2 aromatic carbocycles. The van der Waals surface area contributed by atoms with Crippen molar-refractivity contribution in [2.45, 2.75) is 25.5 Å². The van der Waals surface area contributed by atoms with Gasteiger partial charge in [-0.1, -0.05) is 34.1 Å². The third kappa shape index (κ3) is 2.45. The Labute approximate surface area is 125 Å². The van der Waals surface area contributed by atoms with Gasteiger partial charge in [-0.15, -0.1) is 0 Å². The maximum absolute atomic E-state index is 13.7. The smallest absolute Gasteiger partial charge is 0.126 e. The molecule has 2 unspecified atom stereocenters. The highest BCUT2D eigenvalue weighted by atomic mass is 79.9. The molecule has 3 rings (SSSR count). The first-order valence-electron chi connectivity index (χ1n) is 6.52. The number of nitrogens with two attached hydrogens (primary N) is 1. The standard InChI is InChI=1S/C16H15BrFNO/c1-9-2-3-10(6-13(9)18)15-8-14(19)12-5-4-11(17)7-16(12)20-15/h2-7,14-15H,8,19H2,1H3. The number of halogens is 2. The van der Waals surface area contributed by atoms with Crippen molar-refractivity contribution in [3.05, 3.63) is 63.4 Å². The molecule has 20 heavy (non-hydrogen) atoms. The number of ether oxygens (including phenoxy) is 1. The minimum atomic E-state index is -0.209. The summed E-state index contributed by atoms with van der Waals surface area (Å²) in [5.74, 6) is 0.559. The van der Waals surface area contributed by atoms with Crippen LogP contribution in [0.3, 0.4) is 0 Å². The lowest BCUT2D eigenvalue weighted by atomic mass is 9.93. The van der Waals surface area contributed by atoms with Crippen LogP contribution >= 0.6 is 15.9 Å². The third-order valence-corrected chi connectivity index (χ3v) is 4.17. The lowest BCUT2D eigenvalue weighted by Gasteiger charge is -2.30. The van der Waals surface area contributed by atoms with E-state index in [0.29, 0.717) is 12.0 Å². The molecule has 2 aromatic rings. The molecule has 0 fully saturated rings. The van der Waals surface area contributed by atoms with Gasteiger partial charge in [0.1, 0.15) is 17.7 Å². The Morgan fingerprint density at radius 1 is 1.25 bits per heavy atom. The fourth-order valence-corrected chi connectivity index (χ4v) is 2.83. The van der Waals surface area contributed by atoms with E-state index in [1.807, 2.05) is 24.3 Å². The van der Waals surface area contributed by atoms with Crippen molar-refractivity contribution in [2.24, 2.45) is 5.73 Å². The second kappa shape index (κ2) is 5.19. The topological polar surface area (TPSA) is 35.2 Å². The Morgan fingerprint density at radius 3 is 2.80 bits per heavy atom. The van der Waals surface area contributed by atoms with E-state index in [1.54, 1.807) is 13.0 Å². The summed E-state index contributed by atoms with van der Waals surface area (Å²) in [4.78, 5) is 0. The Kier molecular flexibility index (Phi) is 3.52. The summed E-state index contributed by atoms with van der Waals surface area (Å²) < 4.78 is 20.6. The van der Waals surface area contributed by atoms with E-state index in [1.165, 1.54) is 6.07 Å². The molecule has 0 aliphatic carbocycles. The molecular formula is C16H15BrFNO. The summed E-state index contributed by atoms with van der Waals surface area (Å²) in [6.45, 7) is 1.75. The largest absolute Gasteiger partial charge is 0.485 e. The minimum absolute atomic E-state index is 0.0961. The van der Waals surface area contributed by atoms with Gasteiger partial charge < -0.3 is 10.5 Å². The zero-order valence-corrected chi connectivity index (χ0v) is 12.7. The van der Waals surface area contributed by atoms with Crippen LogP contribution < -0.4 is 10.5 Å². The first-order valence-corrected chi connectivity index (χ1v) is 7.31. The molecule has 0 saturated carbocycles. The van der Waals surface area contributed by atoms with Crippen LogP contribution in [0.1, 0.15) is 35.3 Å². The molecule has 0 amide bonds. The summed E-state index contributed by atoms with van der Waals surface area (Å²) in [7, 11) is 0. The van der Waals surface area contributed by atoms with Gasteiger partial charge in [0.15, 0.2) is 0 Å². The highest BCUT2D eigenvalue weighted by Gasteiger charge is 2.27. The number of fused-ring (bicyclic) bond motifs is 1. The monoisotopic (exact) mass is 335 g/mol. The van der Waals surface area contributed by atoms with Crippen molar-refractivity contribution in [3.8, 4) is 5.75 Å². The second-order valence-electron chi connectivity index (χ2n) is 5.14. The number of hydrogen-bond donors (Lipinski definition) is 1. The molecule has 2 atom stereocenters. The highest BCUT2D eigenvalue weighted by Crippen LogP contribution is 2.40. The van der Waals surface area contributed by atoms with Crippen LogP contribution in [0.2, 0.25) is 0 Å². The molecule has 2 N–H and O–H groups in total. The van der Waals surface area contributed by atoms with Gasteiger partial charge in [-0.2, -0.15) is 0 Å². The van der Waals surface area contributed by atoms with Gasteiger partial charge in [0.05, 0.1) is 0 Å². The molecule has 4 heteroatoms. The van der Waals surface area contributed by atoms with Gasteiger partial charge in [0.25, 0.3) is 0 Å². The SMILES string of the molecule is Cc1ccc(C2CC(N)c3ccc(Br)cc3O2)cc1F. The fourth-order valence-electron chi connectivity index (χ4n) is 2.49. The first kappa shape index (κ1) is 13.6. The van der Waals surface area contributed by atoms with Crippen molar-refractivity contribution < 1.29 is 9.13 Å². The molecule has 1 aliphatic heterocycles. The highest BCUT2D eigenvalue weighted by molar-refractivity contribution is 9.10. The first-order chi connectivity index (χ1) is 9.54. The molecule has 0 spiro atoms. The average molecular weight is 336 g/mol. The number of hydrogen-bond acceptors (Lipinski definition) is 2. The fraction of sp³-hybridized carbons (Fsp3) is 0.250. The van der Waals surface area contributed by atoms with Crippen LogP contribution in [-0.4, -0.2) is 0 Å². The number of benzene rings is 2. The third-order valence-electron chi connectivity index (χ3n) is 3.68. The normalized spacial score (nSPS) is 21.2. The van der Waals surface area contributed by atoms with Crippen LogP contribution in [-0.2, 0) is 0 Å². The van der Waals surface area contributed by atoms with E-state index >= 15 is 0 Å². The van der Waals surface area contributed by atoms with E-state index in [-0.39, 0.29) is 18.0 Å². The predicted octanol–water partition coefficient (Wildman–Crippen LogP) is 4.42. The van der Waals surface area contributed by atoms with Crippen LogP contribution in [0.4, 0.5) is 4.39 Å². The summed E-state index contributed by atoms with van der Waals surface area (Å²) in [5, 5.41) is 0. The van der Waals surface area contributed by atoms with Crippen molar-refractivity contribution >= 4 is 15.9 Å². The molecule has 2 nitrogen and oxygen atoms in total. The molecule has 104 valence electrons. The summed E-state index contributed by atoms with van der Waals surface area (Å²) in [6, 6.07) is 10.9. The van der Waals surface area contributed by atoms with Gasteiger partial charge in [0, 0.05) is 22.5 Å². The summed E-state index contributed by atoms with van der Waals surface area (Å²) in [5.41, 5.74) is 8.66. The molecule has 1 heterocycles. The quantitative estimate of drug-likeness (QED) is 0.837. The Hall–Kier alpha value is -1.39. The maximum Gasteiger partial charge on any atom is 0.126 e. The second-order valence-corrected chi connectivity index (χ2v) is 6.06. The molecular weight excluding hydrogens is 321 g/mol. The molecule has 0 bridgehead atoms. The van der Waals surface area contributed by atoms with E-state index in [4.69, 9.17) is 10.5 Å². The number of aryl methyl sites for hydroxylation is 1. The molecule has 0 aromatic heterocycles. The lowest BCUT2D eigenvalue weighted by molar-refractivity contribution is 0.161. The molecule has 0 radical (unpaired) electrons. The van der Waals surface area contributed by atoms with Gasteiger partial charge in [-0.05, 0) is 36.2 Å². The number of rotatable bonds is 1. The van der Waals surface area contributed by atoms with Gasteiger partial charge in [-0.3, -0.25) is 0 Å². The van der Waals surface area contributed by atoms with E-state index < -0.39 is 0 Å². The van der Waals surface area contributed by atoms with Crippen LogP contribution in [0.25, 0.3) is 0 Å². The zero-order valence-electron chi connectivity index (χ0n) is 11.1. The lowest BCUT2D eigenvalue weighted by Crippen LogP contribution is -2.24. The predicted molar refractivity (Wildman–Crippen MR) is 80.2 cm³/mol. The Morgan fingerprint density at radius 2 is 2.05 bits per heavy atom. The Bertz CT molecular complexity index is 659. The van der Waals surface area contributed by atoms with Gasteiger partial charge in [0.2, 0.25) is 0 Å². The van der Waals surface area contributed by atoms with Gasteiger partial charge >= 0.3 is 0 Å². The summed E-state index contributed by atoms with van der Waals surface area (Å²) >= 11 is 3.43. The Balaban J connectivity index is 1.96. The van der Waals surface area contributed by atoms with E-state index in [9.17, 15) is 4.39 Å². The van der Waals surface area contributed by atoms with E-state index in [2.05, 4.69) is 15.9 Å². The van der Waals surface area contributed by atoms with Gasteiger partial charge in [-0.25, -0.2) is 4.39 Å². The van der Waals surface area contributed by atoms with Crippen molar-refractivity contribution in [1.82, 2.24) is 0 Å². The maximum atomic E-state index is 13.7. The summed E-state index contributed by atoms with van der Waals surface area (Å²) in [6.07, 6.45) is 0.443.